The average molecular weight is 264 g/mol. The third-order valence-corrected chi connectivity index (χ3v) is 3.20. The molecule has 19 heavy (non-hydrogen) atoms. The molecule has 1 aromatic rings. The Kier molecular flexibility index (Phi) is 5.36. The van der Waals surface area contributed by atoms with Gasteiger partial charge in [-0.25, -0.2) is 0 Å². The number of carbonyl (C=O) groups is 1. The Bertz CT molecular complexity index is 444. The molecule has 0 aliphatic heterocycles. The molecule has 4 heteroatoms. The number of carbonyl (C=O) groups excluding carboxylic acids is 1. The lowest BCUT2D eigenvalue weighted by Crippen LogP contribution is -2.43. The summed E-state index contributed by atoms with van der Waals surface area (Å²) < 4.78 is 0. The van der Waals surface area contributed by atoms with Crippen LogP contribution in [0.2, 0.25) is 0 Å². The van der Waals surface area contributed by atoms with Gasteiger partial charge in [-0.1, -0.05) is 0 Å². The lowest BCUT2D eigenvalue weighted by molar-refractivity contribution is 0.0678. The summed E-state index contributed by atoms with van der Waals surface area (Å²) in [5.41, 5.74) is 1.46. The van der Waals surface area contributed by atoms with E-state index in [9.17, 15) is 9.90 Å². The average Bonchev–Trinajstić information content (AvgIpc) is 2.28. The monoisotopic (exact) mass is 264 g/mol. The van der Waals surface area contributed by atoms with Crippen molar-refractivity contribution in [2.45, 2.75) is 26.8 Å². The maximum atomic E-state index is 12.6. The number of phenolic OH excluding ortho intramolecular Hbond substituents is 1. The van der Waals surface area contributed by atoms with Gasteiger partial charge in [0.25, 0.3) is 5.91 Å². The fourth-order valence-electron chi connectivity index (χ4n) is 2.32. The van der Waals surface area contributed by atoms with Gasteiger partial charge in [-0.3, -0.25) is 4.79 Å². The van der Waals surface area contributed by atoms with Crippen LogP contribution in [0.25, 0.3) is 0 Å². The van der Waals surface area contributed by atoms with Gasteiger partial charge in [0.05, 0.1) is 0 Å². The summed E-state index contributed by atoms with van der Waals surface area (Å²) in [6.45, 7) is 7.39. The van der Waals surface area contributed by atoms with E-state index in [1.54, 1.807) is 18.2 Å². The molecule has 106 valence electrons. The van der Waals surface area contributed by atoms with Crippen LogP contribution in [0.5, 0.6) is 5.75 Å². The molecule has 1 aromatic carbocycles. The van der Waals surface area contributed by atoms with E-state index in [-0.39, 0.29) is 17.7 Å². The lowest BCUT2D eigenvalue weighted by atomic mass is 10.1. The first-order valence-electron chi connectivity index (χ1n) is 6.62. The van der Waals surface area contributed by atoms with Crippen molar-refractivity contribution in [2.75, 3.05) is 27.2 Å². The van der Waals surface area contributed by atoms with E-state index >= 15 is 0 Å². The third kappa shape index (κ3) is 3.96. The zero-order chi connectivity index (χ0) is 14.6. The molecule has 1 atom stereocenters. The van der Waals surface area contributed by atoms with E-state index in [4.69, 9.17) is 0 Å². The first-order valence-corrected chi connectivity index (χ1v) is 6.62. The molecule has 0 spiro atoms. The molecule has 1 amide bonds. The minimum absolute atomic E-state index is 0.0225. The largest absolute Gasteiger partial charge is 0.508 e. The van der Waals surface area contributed by atoms with Crippen LogP contribution in [0.3, 0.4) is 0 Å². The summed E-state index contributed by atoms with van der Waals surface area (Å²) in [4.78, 5) is 16.5. The number of benzene rings is 1. The molecule has 0 radical (unpaired) electrons. The van der Waals surface area contributed by atoms with Crippen LogP contribution in [0.4, 0.5) is 0 Å². The Morgan fingerprint density at radius 1 is 1.37 bits per heavy atom. The molecule has 0 aromatic heterocycles. The SMILES string of the molecule is CCN(C(=O)c1ccc(O)cc1C)C(C)CN(C)C. The minimum Gasteiger partial charge on any atom is -0.508 e. The molecule has 0 saturated heterocycles. The Balaban J connectivity index is 2.95. The zero-order valence-electron chi connectivity index (χ0n) is 12.5. The molecular formula is C15H24N2O2. The lowest BCUT2D eigenvalue weighted by Gasteiger charge is -2.30. The van der Waals surface area contributed by atoms with E-state index in [1.165, 1.54) is 0 Å². The topological polar surface area (TPSA) is 43.8 Å². The summed E-state index contributed by atoms with van der Waals surface area (Å²) in [5.74, 6) is 0.216. The second kappa shape index (κ2) is 6.57. The van der Waals surface area contributed by atoms with Gasteiger partial charge in [0, 0.05) is 24.7 Å². The zero-order valence-corrected chi connectivity index (χ0v) is 12.5. The van der Waals surface area contributed by atoms with E-state index in [2.05, 4.69) is 11.8 Å². The molecular weight excluding hydrogens is 240 g/mol. The van der Waals surface area contributed by atoms with Crippen molar-refractivity contribution in [1.29, 1.82) is 0 Å². The van der Waals surface area contributed by atoms with Gasteiger partial charge in [-0.15, -0.1) is 0 Å². The summed E-state index contributed by atoms with van der Waals surface area (Å²) in [6.07, 6.45) is 0. The Labute approximate surface area is 115 Å². The van der Waals surface area contributed by atoms with Crippen LogP contribution in [-0.2, 0) is 0 Å². The molecule has 0 heterocycles. The molecule has 1 unspecified atom stereocenters. The number of likely N-dealkylation sites (N-methyl/N-ethyl adjacent to an activating group) is 2. The Morgan fingerprint density at radius 3 is 2.47 bits per heavy atom. The van der Waals surface area contributed by atoms with Crippen LogP contribution < -0.4 is 0 Å². The number of hydrogen-bond acceptors (Lipinski definition) is 3. The van der Waals surface area contributed by atoms with Crippen LogP contribution in [0, 0.1) is 6.92 Å². The van der Waals surface area contributed by atoms with Gasteiger partial charge >= 0.3 is 0 Å². The highest BCUT2D eigenvalue weighted by Gasteiger charge is 2.21. The fourth-order valence-corrected chi connectivity index (χ4v) is 2.32. The van der Waals surface area contributed by atoms with E-state index in [0.29, 0.717) is 12.1 Å². The first kappa shape index (κ1) is 15.5. The molecule has 0 saturated carbocycles. The van der Waals surface area contributed by atoms with Gasteiger partial charge < -0.3 is 14.9 Å². The number of hydrogen-bond donors (Lipinski definition) is 1. The minimum atomic E-state index is 0.0225. The Morgan fingerprint density at radius 2 is 2.00 bits per heavy atom. The van der Waals surface area contributed by atoms with Crippen LogP contribution in [0.15, 0.2) is 18.2 Å². The van der Waals surface area contributed by atoms with Crippen molar-refractivity contribution in [2.24, 2.45) is 0 Å². The number of amides is 1. The van der Waals surface area contributed by atoms with Crippen molar-refractivity contribution in [3.63, 3.8) is 0 Å². The predicted molar refractivity (Wildman–Crippen MR) is 77.6 cm³/mol. The smallest absolute Gasteiger partial charge is 0.254 e. The summed E-state index contributed by atoms with van der Waals surface area (Å²) in [6, 6.07) is 5.03. The van der Waals surface area contributed by atoms with E-state index in [1.807, 2.05) is 32.8 Å². The predicted octanol–water partition coefficient (Wildman–Crippen LogP) is 2.11. The number of rotatable bonds is 5. The maximum absolute atomic E-state index is 12.6. The second-order valence-electron chi connectivity index (χ2n) is 5.20. The van der Waals surface area contributed by atoms with Crippen molar-refractivity contribution >= 4 is 5.91 Å². The molecule has 1 N–H and O–H groups in total. The van der Waals surface area contributed by atoms with Crippen molar-refractivity contribution in [1.82, 2.24) is 9.80 Å². The van der Waals surface area contributed by atoms with Gasteiger partial charge in [-0.05, 0) is 58.6 Å². The second-order valence-corrected chi connectivity index (χ2v) is 5.20. The number of phenols is 1. The van der Waals surface area contributed by atoms with E-state index < -0.39 is 0 Å². The summed E-state index contributed by atoms with van der Waals surface area (Å²) in [5, 5.41) is 9.41. The molecule has 0 bridgehead atoms. The standard InChI is InChI=1S/C15H24N2O2/c1-6-17(12(3)10-16(4)5)15(19)14-8-7-13(18)9-11(14)2/h7-9,12,18H,6,10H2,1-5H3. The number of nitrogens with zero attached hydrogens (tertiary/aromatic N) is 2. The number of aryl methyl sites for hydroxylation is 1. The van der Waals surface area contributed by atoms with Gasteiger partial charge in [0.15, 0.2) is 0 Å². The van der Waals surface area contributed by atoms with Crippen molar-refractivity contribution in [3.05, 3.63) is 29.3 Å². The molecule has 1 rings (SSSR count). The quantitative estimate of drug-likeness (QED) is 0.886. The third-order valence-electron chi connectivity index (χ3n) is 3.20. The highest BCUT2D eigenvalue weighted by molar-refractivity contribution is 5.96. The van der Waals surface area contributed by atoms with Crippen molar-refractivity contribution in [3.8, 4) is 5.75 Å². The highest BCUT2D eigenvalue weighted by Crippen LogP contribution is 2.18. The normalized spacial score (nSPS) is 12.5. The first-order chi connectivity index (χ1) is 8.86. The van der Waals surface area contributed by atoms with Crippen LogP contribution >= 0.6 is 0 Å². The molecule has 0 fully saturated rings. The Hall–Kier alpha value is -1.55. The van der Waals surface area contributed by atoms with Gasteiger partial charge in [0.1, 0.15) is 5.75 Å². The van der Waals surface area contributed by atoms with Crippen LogP contribution in [-0.4, -0.2) is 54.0 Å². The summed E-state index contributed by atoms with van der Waals surface area (Å²) in [7, 11) is 4.00. The highest BCUT2D eigenvalue weighted by atomic mass is 16.3. The van der Waals surface area contributed by atoms with Gasteiger partial charge in [0.2, 0.25) is 0 Å². The van der Waals surface area contributed by atoms with Crippen LogP contribution in [0.1, 0.15) is 29.8 Å². The molecule has 0 aliphatic rings. The van der Waals surface area contributed by atoms with Crippen molar-refractivity contribution < 1.29 is 9.90 Å². The van der Waals surface area contributed by atoms with E-state index in [0.717, 1.165) is 12.1 Å². The summed E-state index contributed by atoms with van der Waals surface area (Å²) >= 11 is 0. The number of aromatic hydroxyl groups is 1. The molecule has 0 aliphatic carbocycles. The maximum Gasteiger partial charge on any atom is 0.254 e. The fraction of sp³-hybridized carbons (Fsp3) is 0.533. The van der Waals surface area contributed by atoms with Gasteiger partial charge in [-0.2, -0.15) is 0 Å². The molecule has 4 nitrogen and oxygen atoms in total.